The molecular weight excluding hydrogens is 262 g/mol. The zero-order chi connectivity index (χ0) is 13.4. The monoisotopic (exact) mass is 277 g/mol. The number of thiazole rings is 1. The number of nitrogens with one attached hydrogen (secondary N) is 1. The molecule has 0 radical (unpaired) electrons. The van der Waals surface area contributed by atoms with E-state index in [0.717, 1.165) is 33.6 Å². The fourth-order valence-corrected chi connectivity index (χ4v) is 2.81. The molecule has 6 nitrogen and oxygen atoms in total. The number of hydrogen-bond acceptors (Lipinski definition) is 6. The molecule has 100 valence electrons. The van der Waals surface area contributed by atoms with Gasteiger partial charge in [-0.15, -0.1) is 0 Å². The summed E-state index contributed by atoms with van der Waals surface area (Å²) >= 11 is 1.47. The lowest BCUT2D eigenvalue weighted by Crippen LogP contribution is -1.95. The largest absolute Gasteiger partial charge is 0.470 e. The van der Waals surface area contributed by atoms with E-state index in [0.29, 0.717) is 11.8 Å². The Morgan fingerprint density at radius 3 is 2.95 bits per heavy atom. The Balaban J connectivity index is 2.25. The molecular formula is C12H15N5OS. The lowest BCUT2D eigenvalue weighted by Gasteiger charge is -2.01. The lowest BCUT2D eigenvalue weighted by molar-refractivity contribution is 0.316. The van der Waals surface area contributed by atoms with E-state index >= 15 is 0 Å². The molecule has 0 atom stereocenters. The quantitative estimate of drug-likeness (QED) is 0.793. The number of pyridine rings is 1. The topological polar surface area (TPSA) is 64.9 Å². The first-order valence-electron chi connectivity index (χ1n) is 6.16. The van der Waals surface area contributed by atoms with Gasteiger partial charge in [0.1, 0.15) is 16.6 Å². The molecule has 0 aliphatic heterocycles. The summed E-state index contributed by atoms with van der Waals surface area (Å²) in [5.41, 5.74) is 2.67. The first kappa shape index (κ1) is 12.2. The van der Waals surface area contributed by atoms with Crippen LogP contribution in [0.3, 0.4) is 0 Å². The Morgan fingerprint density at radius 1 is 1.37 bits per heavy atom. The predicted molar refractivity (Wildman–Crippen MR) is 77.0 cm³/mol. The third-order valence-electron chi connectivity index (χ3n) is 2.86. The Morgan fingerprint density at radius 2 is 2.21 bits per heavy atom. The van der Waals surface area contributed by atoms with Crippen LogP contribution in [0.4, 0.5) is 5.82 Å². The fraction of sp³-hybridized carbons (Fsp3) is 0.417. The summed E-state index contributed by atoms with van der Waals surface area (Å²) in [4.78, 5) is 14.3. The summed E-state index contributed by atoms with van der Waals surface area (Å²) in [6, 6.07) is 0. The highest BCUT2D eigenvalue weighted by atomic mass is 32.1. The maximum Gasteiger partial charge on any atom is 0.275 e. The summed E-state index contributed by atoms with van der Waals surface area (Å²) in [6.45, 7) is 2.75. The molecule has 1 N–H and O–H groups in total. The first-order valence-corrected chi connectivity index (χ1v) is 6.98. The molecule has 3 heterocycles. The van der Waals surface area contributed by atoms with E-state index in [1.807, 2.05) is 18.7 Å². The van der Waals surface area contributed by atoms with Crippen molar-refractivity contribution in [2.75, 3.05) is 19.0 Å². The second-order valence-electron chi connectivity index (χ2n) is 4.25. The van der Waals surface area contributed by atoms with Crippen LogP contribution in [0.5, 0.6) is 5.19 Å². The second-order valence-corrected chi connectivity index (χ2v) is 5.19. The van der Waals surface area contributed by atoms with E-state index in [2.05, 4.69) is 27.2 Å². The second kappa shape index (κ2) is 4.65. The van der Waals surface area contributed by atoms with Crippen molar-refractivity contribution in [3.8, 4) is 5.19 Å². The summed E-state index contributed by atoms with van der Waals surface area (Å²) in [6.07, 6.45) is 2.74. The van der Waals surface area contributed by atoms with Gasteiger partial charge in [0.05, 0.1) is 12.9 Å². The zero-order valence-corrected chi connectivity index (χ0v) is 11.9. The van der Waals surface area contributed by atoms with Gasteiger partial charge in [-0.25, -0.2) is 9.97 Å². The maximum atomic E-state index is 5.60. The standard InChI is InChI=1S/C12H15N5OS/c1-4-5-18-12-15-8-9-7(14-6-17(9)3)10(13-2)16-11(8)19-12/h6H,4-5H2,1-3H3,(H,13,16). The Bertz CT molecular complexity index is 732. The van der Waals surface area contributed by atoms with Crippen LogP contribution >= 0.6 is 11.3 Å². The van der Waals surface area contributed by atoms with Crippen molar-refractivity contribution >= 4 is 38.5 Å². The molecule has 0 aliphatic carbocycles. The van der Waals surface area contributed by atoms with Gasteiger partial charge in [-0.3, -0.25) is 0 Å². The van der Waals surface area contributed by atoms with Crippen molar-refractivity contribution in [3.63, 3.8) is 0 Å². The van der Waals surface area contributed by atoms with Crippen LogP contribution < -0.4 is 10.1 Å². The molecule has 0 unspecified atom stereocenters. The number of ether oxygens (including phenoxy) is 1. The van der Waals surface area contributed by atoms with E-state index < -0.39 is 0 Å². The number of nitrogens with zero attached hydrogens (tertiary/aromatic N) is 4. The smallest absolute Gasteiger partial charge is 0.275 e. The van der Waals surface area contributed by atoms with Crippen molar-refractivity contribution in [3.05, 3.63) is 6.33 Å². The Hall–Kier alpha value is -1.89. The third-order valence-corrected chi connectivity index (χ3v) is 3.72. The van der Waals surface area contributed by atoms with Crippen molar-refractivity contribution in [1.82, 2.24) is 19.5 Å². The summed E-state index contributed by atoms with van der Waals surface area (Å²) < 4.78 is 7.56. The van der Waals surface area contributed by atoms with Gasteiger partial charge in [0.2, 0.25) is 0 Å². The van der Waals surface area contributed by atoms with Crippen molar-refractivity contribution in [1.29, 1.82) is 0 Å². The summed E-state index contributed by atoms with van der Waals surface area (Å²) in [5, 5.41) is 3.75. The van der Waals surface area contributed by atoms with Gasteiger partial charge in [0, 0.05) is 14.1 Å². The highest BCUT2D eigenvalue weighted by Gasteiger charge is 2.16. The van der Waals surface area contributed by atoms with Crippen LogP contribution in [0.15, 0.2) is 6.33 Å². The van der Waals surface area contributed by atoms with E-state index in [4.69, 9.17) is 4.74 Å². The maximum absolute atomic E-state index is 5.60. The number of aromatic nitrogens is 4. The fourth-order valence-electron chi connectivity index (χ4n) is 1.99. The van der Waals surface area contributed by atoms with Crippen molar-refractivity contribution in [2.45, 2.75) is 13.3 Å². The highest BCUT2D eigenvalue weighted by Crippen LogP contribution is 2.33. The minimum absolute atomic E-state index is 0.667. The van der Waals surface area contributed by atoms with Gasteiger partial charge < -0.3 is 14.6 Å². The van der Waals surface area contributed by atoms with Gasteiger partial charge in [-0.05, 0) is 6.42 Å². The van der Waals surface area contributed by atoms with Crippen LogP contribution in [0.25, 0.3) is 21.4 Å². The number of rotatable bonds is 4. The number of hydrogen-bond donors (Lipinski definition) is 1. The molecule has 0 saturated carbocycles. The predicted octanol–water partition coefficient (Wildman–Crippen LogP) is 2.41. The van der Waals surface area contributed by atoms with Gasteiger partial charge in [-0.2, -0.15) is 4.98 Å². The molecule has 3 aromatic heterocycles. The SMILES string of the molecule is CCCOc1nc2c(nc(NC)c3ncn(C)c32)s1. The Kier molecular flexibility index (Phi) is 2.98. The third kappa shape index (κ3) is 1.90. The first-order chi connectivity index (χ1) is 9.24. The normalized spacial score (nSPS) is 11.3. The molecule has 7 heteroatoms. The molecule has 0 spiro atoms. The number of fused-ring (bicyclic) bond motifs is 3. The van der Waals surface area contributed by atoms with Crippen LogP contribution in [-0.4, -0.2) is 33.2 Å². The average Bonchev–Trinajstić information content (AvgIpc) is 2.98. The van der Waals surface area contributed by atoms with E-state index in [9.17, 15) is 0 Å². The number of aryl methyl sites for hydroxylation is 1. The number of anilines is 1. The molecule has 0 aromatic carbocycles. The van der Waals surface area contributed by atoms with E-state index in [1.165, 1.54) is 11.3 Å². The summed E-state index contributed by atoms with van der Waals surface area (Å²) in [5.74, 6) is 0.772. The van der Waals surface area contributed by atoms with Crippen molar-refractivity contribution in [2.24, 2.45) is 7.05 Å². The zero-order valence-electron chi connectivity index (χ0n) is 11.1. The van der Waals surface area contributed by atoms with E-state index in [1.54, 1.807) is 6.33 Å². The molecule has 0 amide bonds. The number of imidazole rings is 1. The molecule has 0 fully saturated rings. The van der Waals surface area contributed by atoms with Crippen LogP contribution in [0.1, 0.15) is 13.3 Å². The molecule has 0 aliphatic rings. The molecule has 0 bridgehead atoms. The van der Waals surface area contributed by atoms with Crippen LogP contribution in [0.2, 0.25) is 0 Å². The highest BCUT2D eigenvalue weighted by molar-refractivity contribution is 7.20. The van der Waals surface area contributed by atoms with Gasteiger partial charge >= 0.3 is 0 Å². The lowest BCUT2D eigenvalue weighted by atomic mass is 10.3. The van der Waals surface area contributed by atoms with E-state index in [-0.39, 0.29) is 0 Å². The van der Waals surface area contributed by atoms with Gasteiger partial charge in [0.25, 0.3) is 5.19 Å². The van der Waals surface area contributed by atoms with Gasteiger partial charge in [0.15, 0.2) is 10.6 Å². The van der Waals surface area contributed by atoms with Crippen LogP contribution in [0, 0.1) is 0 Å². The summed E-state index contributed by atoms with van der Waals surface area (Å²) in [7, 11) is 3.80. The molecule has 19 heavy (non-hydrogen) atoms. The molecule has 0 saturated heterocycles. The van der Waals surface area contributed by atoms with Crippen LogP contribution in [-0.2, 0) is 7.05 Å². The van der Waals surface area contributed by atoms with Gasteiger partial charge in [-0.1, -0.05) is 18.3 Å². The van der Waals surface area contributed by atoms with Crippen molar-refractivity contribution < 1.29 is 4.74 Å². The minimum Gasteiger partial charge on any atom is -0.470 e. The average molecular weight is 277 g/mol. The Labute approximate surface area is 114 Å². The minimum atomic E-state index is 0.667. The molecule has 3 rings (SSSR count). The molecule has 3 aromatic rings.